The van der Waals surface area contributed by atoms with E-state index >= 15 is 0 Å². The molecule has 19 heavy (non-hydrogen) atoms. The minimum Gasteiger partial charge on any atom is -0.206 e. The fourth-order valence-electron chi connectivity index (χ4n) is 1.80. The van der Waals surface area contributed by atoms with Crippen LogP contribution in [0.2, 0.25) is 0 Å². The molecule has 2 aromatic carbocycles. The Kier molecular flexibility index (Phi) is 3.30. The maximum atomic E-state index is 13.7. The number of aryl methyl sites for hydroxylation is 1. The Hall–Kier alpha value is -1.91. The van der Waals surface area contributed by atoms with Crippen LogP contribution in [0.5, 0.6) is 0 Å². The van der Waals surface area contributed by atoms with Crippen molar-refractivity contribution >= 4 is 0 Å². The molecular weight excluding hydrogens is 263 g/mol. The first kappa shape index (κ1) is 13.5. The van der Waals surface area contributed by atoms with E-state index < -0.39 is 23.4 Å². The summed E-state index contributed by atoms with van der Waals surface area (Å²) in [6.45, 7) is 1.53. The molecule has 0 nitrogen and oxygen atoms in total. The largest absolute Gasteiger partial charge is 0.416 e. The van der Waals surface area contributed by atoms with Gasteiger partial charge in [0.1, 0.15) is 11.6 Å². The lowest BCUT2D eigenvalue weighted by molar-refractivity contribution is -0.137. The van der Waals surface area contributed by atoms with E-state index in [0.717, 1.165) is 36.4 Å². The third-order valence-corrected chi connectivity index (χ3v) is 2.69. The van der Waals surface area contributed by atoms with Crippen molar-refractivity contribution in [2.45, 2.75) is 13.1 Å². The highest BCUT2D eigenvalue weighted by atomic mass is 19.4. The highest BCUT2D eigenvalue weighted by molar-refractivity contribution is 5.65. The van der Waals surface area contributed by atoms with Crippen molar-refractivity contribution in [3.8, 4) is 11.1 Å². The normalized spacial score (nSPS) is 11.7. The van der Waals surface area contributed by atoms with Crippen LogP contribution in [-0.4, -0.2) is 0 Å². The lowest BCUT2D eigenvalue weighted by Crippen LogP contribution is -2.04. The second-order valence-electron chi connectivity index (χ2n) is 4.18. The Labute approximate surface area is 106 Å². The number of hydrogen-bond acceptors (Lipinski definition) is 0. The van der Waals surface area contributed by atoms with Gasteiger partial charge in [-0.25, -0.2) is 8.78 Å². The number of benzene rings is 2. The van der Waals surface area contributed by atoms with Gasteiger partial charge in [-0.1, -0.05) is 12.1 Å². The second-order valence-corrected chi connectivity index (χ2v) is 4.18. The highest BCUT2D eigenvalue weighted by Crippen LogP contribution is 2.32. The molecule has 0 amide bonds. The summed E-state index contributed by atoms with van der Waals surface area (Å²) in [6.07, 6.45) is -4.47. The molecule has 2 rings (SSSR count). The maximum absolute atomic E-state index is 13.7. The van der Waals surface area contributed by atoms with E-state index in [9.17, 15) is 22.0 Å². The van der Waals surface area contributed by atoms with Crippen molar-refractivity contribution in [3.63, 3.8) is 0 Å². The smallest absolute Gasteiger partial charge is 0.206 e. The second kappa shape index (κ2) is 4.64. The quantitative estimate of drug-likeness (QED) is 0.644. The van der Waals surface area contributed by atoms with Gasteiger partial charge in [-0.05, 0) is 42.3 Å². The number of rotatable bonds is 1. The predicted octanol–water partition coefficient (Wildman–Crippen LogP) is 4.96. The molecule has 0 aliphatic heterocycles. The molecule has 2 aromatic rings. The van der Waals surface area contributed by atoms with Crippen molar-refractivity contribution < 1.29 is 22.0 Å². The van der Waals surface area contributed by atoms with Crippen LogP contribution >= 0.6 is 0 Å². The molecule has 0 bridgehead atoms. The van der Waals surface area contributed by atoms with Gasteiger partial charge in [0, 0.05) is 0 Å². The zero-order chi connectivity index (χ0) is 14.2. The lowest BCUT2D eigenvalue weighted by atomic mass is 10.0. The molecule has 0 radical (unpaired) electrons. The van der Waals surface area contributed by atoms with Gasteiger partial charge in [-0.15, -0.1) is 0 Å². The number of hydrogen-bond donors (Lipinski definition) is 0. The molecule has 0 saturated heterocycles. The first-order valence-corrected chi connectivity index (χ1v) is 5.42. The van der Waals surface area contributed by atoms with Gasteiger partial charge < -0.3 is 0 Å². The van der Waals surface area contributed by atoms with Gasteiger partial charge in [-0.2, -0.15) is 13.2 Å². The van der Waals surface area contributed by atoms with Crippen molar-refractivity contribution in [3.05, 3.63) is 59.2 Å². The van der Waals surface area contributed by atoms with Crippen LogP contribution in [0.3, 0.4) is 0 Å². The summed E-state index contributed by atoms with van der Waals surface area (Å²) in [5.74, 6) is -1.59. The van der Waals surface area contributed by atoms with Gasteiger partial charge in [-0.3, -0.25) is 0 Å². The maximum Gasteiger partial charge on any atom is 0.416 e. The molecule has 0 unspecified atom stereocenters. The first-order valence-electron chi connectivity index (χ1n) is 5.42. The fraction of sp³-hybridized carbons (Fsp3) is 0.143. The summed E-state index contributed by atoms with van der Waals surface area (Å²) in [6, 6.07) is 5.98. The average Bonchev–Trinajstić information content (AvgIpc) is 2.27. The molecule has 0 spiro atoms. The zero-order valence-electron chi connectivity index (χ0n) is 9.85. The van der Waals surface area contributed by atoms with E-state index in [2.05, 4.69) is 0 Å². The zero-order valence-corrected chi connectivity index (χ0v) is 9.85. The summed E-state index contributed by atoms with van der Waals surface area (Å²) < 4.78 is 64.5. The molecule has 0 saturated carbocycles. The summed E-state index contributed by atoms with van der Waals surface area (Å²) >= 11 is 0. The Morgan fingerprint density at radius 3 is 1.74 bits per heavy atom. The van der Waals surface area contributed by atoms with Crippen LogP contribution in [0.15, 0.2) is 36.4 Å². The number of alkyl halides is 3. The summed E-state index contributed by atoms with van der Waals surface area (Å²) in [7, 11) is 0. The third-order valence-electron chi connectivity index (χ3n) is 2.69. The van der Waals surface area contributed by atoms with Gasteiger partial charge in [0.05, 0.1) is 11.1 Å². The van der Waals surface area contributed by atoms with E-state index in [1.807, 2.05) is 0 Å². The van der Waals surface area contributed by atoms with Gasteiger partial charge in [0.25, 0.3) is 0 Å². The molecule has 0 atom stereocenters. The SMILES string of the molecule is Cc1cc(F)c(-c2ccc(C(F)(F)F)cc2)c(F)c1. The molecule has 0 aliphatic rings. The first-order chi connectivity index (χ1) is 8.79. The Bertz CT molecular complexity index is 573. The van der Waals surface area contributed by atoms with E-state index in [1.165, 1.54) is 6.92 Å². The van der Waals surface area contributed by atoms with Crippen molar-refractivity contribution in [1.82, 2.24) is 0 Å². The number of halogens is 5. The molecule has 0 N–H and O–H groups in total. The summed E-state index contributed by atoms with van der Waals surface area (Å²) in [4.78, 5) is 0. The average molecular weight is 272 g/mol. The minimum absolute atomic E-state index is 0.0722. The Morgan fingerprint density at radius 2 is 1.32 bits per heavy atom. The topological polar surface area (TPSA) is 0 Å². The minimum atomic E-state index is -4.47. The van der Waals surface area contributed by atoms with Crippen LogP contribution in [-0.2, 0) is 6.18 Å². The lowest BCUT2D eigenvalue weighted by Gasteiger charge is -2.09. The van der Waals surface area contributed by atoms with Crippen molar-refractivity contribution in [2.24, 2.45) is 0 Å². The highest BCUT2D eigenvalue weighted by Gasteiger charge is 2.30. The molecule has 0 aliphatic carbocycles. The van der Waals surface area contributed by atoms with E-state index in [4.69, 9.17) is 0 Å². The monoisotopic (exact) mass is 272 g/mol. The predicted molar refractivity (Wildman–Crippen MR) is 61.5 cm³/mol. The molecule has 0 fully saturated rings. The molecule has 0 aromatic heterocycles. The van der Waals surface area contributed by atoms with Crippen LogP contribution in [0.1, 0.15) is 11.1 Å². The molecular formula is C14H9F5. The summed E-state index contributed by atoms with van der Waals surface area (Å²) in [5, 5.41) is 0. The van der Waals surface area contributed by atoms with Gasteiger partial charge in [0.2, 0.25) is 0 Å². The fourth-order valence-corrected chi connectivity index (χ4v) is 1.80. The Morgan fingerprint density at radius 1 is 0.842 bits per heavy atom. The van der Waals surface area contributed by atoms with E-state index in [1.54, 1.807) is 0 Å². The van der Waals surface area contributed by atoms with Gasteiger partial charge in [0.15, 0.2) is 0 Å². The van der Waals surface area contributed by atoms with Crippen LogP contribution in [0.4, 0.5) is 22.0 Å². The van der Waals surface area contributed by atoms with E-state index in [-0.39, 0.29) is 11.1 Å². The molecule has 0 heterocycles. The van der Waals surface area contributed by atoms with Crippen molar-refractivity contribution in [1.29, 1.82) is 0 Å². The van der Waals surface area contributed by atoms with Crippen LogP contribution in [0, 0.1) is 18.6 Å². The van der Waals surface area contributed by atoms with Crippen LogP contribution in [0.25, 0.3) is 11.1 Å². The molecule has 100 valence electrons. The third kappa shape index (κ3) is 2.75. The van der Waals surface area contributed by atoms with Crippen LogP contribution < -0.4 is 0 Å². The van der Waals surface area contributed by atoms with E-state index in [0.29, 0.717) is 5.56 Å². The summed E-state index contributed by atoms with van der Waals surface area (Å²) in [5.41, 5.74) is -0.697. The Balaban J connectivity index is 2.49. The van der Waals surface area contributed by atoms with Crippen molar-refractivity contribution in [2.75, 3.05) is 0 Å². The van der Waals surface area contributed by atoms with Gasteiger partial charge >= 0.3 is 6.18 Å². The standard InChI is InChI=1S/C14H9F5/c1-8-6-11(15)13(12(16)7-8)9-2-4-10(5-3-9)14(17,18)19/h2-7H,1H3. The molecule has 5 heteroatoms.